The quantitative estimate of drug-likeness (QED) is 0.255. The van der Waals surface area contributed by atoms with Gasteiger partial charge in [-0.1, -0.05) is 26.0 Å². The molecular formula is C28H29NO6. The minimum absolute atomic E-state index is 0.00765. The van der Waals surface area contributed by atoms with E-state index in [4.69, 9.17) is 13.9 Å². The lowest BCUT2D eigenvalue weighted by molar-refractivity contribution is -0.140. The number of furan rings is 1. The monoisotopic (exact) mass is 475 g/mol. The molecule has 1 aromatic heterocycles. The van der Waals surface area contributed by atoms with Gasteiger partial charge in [-0.05, 0) is 66.9 Å². The van der Waals surface area contributed by atoms with Gasteiger partial charge in [-0.3, -0.25) is 9.59 Å². The Morgan fingerprint density at radius 2 is 1.66 bits per heavy atom. The second-order valence-electron chi connectivity index (χ2n) is 8.75. The molecule has 0 saturated carbocycles. The van der Waals surface area contributed by atoms with Crippen molar-refractivity contribution in [3.05, 3.63) is 89.4 Å². The third-order valence-corrected chi connectivity index (χ3v) is 5.65. The molecule has 182 valence electrons. The normalized spacial score (nSPS) is 17.3. The summed E-state index contributed by atoms with van der Waals surface area (Å²) in [5, 5.41) is 11.1. The molecule has 0 aliphatic carbocycles. The second-order valence-corrected chi connectivity index (χ2v) is 8.75. The molecule has 1 amide bonds. The Morgan fingerprint density at radius 3 is 2.26 bits per heavy atom. The number of ether oxygens (including phenoxy) is 2. The third-order valence-electron chi connectivity index (χ3n) is 5.65. The van der Waals surface area contributed by atoms with Gasteiger partial charge in [0.25, 0.3) is 11.7 Å². The Labute approximate surface area is 204 Å². The van der Waals surface area contributed by atoms with E-state index < -0.39 is 17.7 Å². The van der Waals surface area contributed by atoms with Gasteiger partial charge in [-0.15, -0.1) is 0 Å². The second kappa shape index (κ2) is 10.5. The predicted molar refractivity (Wildman–Crippen MR) is 131 cm³/mol. The Hall–Kier alpha value is -4.00. The molecule has 1 aliphatic rings. The van der Waals surface area contributed by atoms with Crippen LogP contribution < -0.4 is 9.47 Å². The summed E-state index contributed by atoms with van der Waals surface area (Å²) in [6.45, 7) is 7.31. The fourth-order valence-electron chi connectivity index (χ4n) is 3.97. The van der Waals surface area contributed by atoms with Crippen molar-refractivity contribution in [3.63, 3.8) is 0 Å². The maximum absolute atomic E-state index is 13.1. The van der Waals surface area contributed by atoms with Crippen LogP contribution in [0.15, 0.2) is 76.9 Å². The summed E-state index contributed by atoms with van der Waals surface area (Å²) in [5.41, 5.74) is 1.22. The number of likely N-dealkylation sites (tertiary alicyclic amines) is 1. The van der Waals surface area contributed by atoms with Gasteiger partial charge in [0.15, 0.2) is 0 Å². The molecule has 1 N–H and O–H groups in total. The van der Waals surface area contributed by atoms with Crippen LogP contribution in [0, 0.1) is 5.92 Å². The summed E-state index contributed by atoms with van der Waals surface area (Å²) in [7, 11) is 0. The van der Waals surface area contributed by atoms with E-state index in [9.17, 15) is 14.7 Å². The highest BCUT2D eigenvalue weighted by atomic mass is 16.5. The summed E-state index contributed by atoms with van der Waals surface area (Å²) in [6.07, 6.45) is 1.48. The molecule has 1 aliphatic heterocycles. The summed E-state index contributed by atoms with van der Waals surface area (Å²) >= 11 is 0. The van der Waals surface area contributed by atoms with Crippen LogP contribution in [0.25, 0.3) is 5.76 Å². The molecule has 1 fully saturated rings. The molecule has 1 atom stereocenters. The Morgan fingerprint density at radius 1 is 1.00 bits per heavy atom. The van der Waals surface area contributed by atoms with Gasteiger partial charge >= 0.3 is 0 Å². The standard InChI is InChI=1S/C28H29NO6/c1-4-33-21-11-7-19(8-12-21)16-29-25(23-6-5-15-34-23)24(27(31)28(29)32)26(30)20-9-13-22(14-10-20)35-17-18(2)3/h5-15,18,25,30H,4,16-17H2,1-3H3/b26-24-. The van der Waals surface area contributed by atoms with Crippen LogP contribution in [-0.2, 0) is 16.1 Å². The van der Waals surface area contributed by atoms with Crippen molar-refractivity contribution in [3.8, 4) is 11.5 Å². The van der Waals surface area contributed by atoms with E-state index in [0.29, 0.717) is 36.2 Å². The average Bonchev–Trinajstić information content (AvgIpc) is 3.47. The fraction of sp³-hybridized carbons (Fsp3) is 0.286. The highest BCUT2D eigenvalue weighted by Gasteiger charge is 2.47. The van der Waals surface area contributed by atoms with E-state index >= 15 is 0 Å². The SMILES string of the molecule is CCOc1ccc(CN2C(=O)C(=O)/C(=C(\O)c3ccc(OCC(C)C)cc3)C2c2ccco2)cc1. The first-order chi connectivity index (χ1) is 16.9. The largest absolute Gasteiger partial charge is 0.507 e. The molecular weight excluding hydrogens is 446 g/mol. The van der Waals surface area contributed by atoms with Crippen LogP contribution in [0.4, 0.5) is 0 Å². The average molecular weight is 476 g/mol. The zero-order chi connectivity index (χ0) is 24.9. The molecule has 3 aromatic rings. The van der Waals surface area contributed by atoms with Gasteiger partial charge in [0.05, 0.1) is 25.1 Å². The minimum atomic E-state index is -0.853. The zero-order valence-corrected chi connectivity index (χ0v) is 20.1. The van der Waals surface area contributed by atoms with Gasteiger partial charge in [-0.2, -0.15) is 0 Å². The van der Waals surface area contributed by atoms with Crippen LogP contribution >= 0.6 is 0 Å². The molecule has 7 heteroatoms. The van der Waals surface area contributed by atoms with Gasteiger partial charge in [0, 0.05) is 12.1 Å². The van der Waals surface area contributed by atoms with Crippen molar-refractivity contribution in [2.45, 2.75) is 33.4 Å². The van der Waals surface area contributed by atoms with Crippen LogP contribution in [0.2, 0.25) is 0 Å². The molecule has 7 nitrogen and oxygen atoms in total. The van der Waals surface area contributed by atoms with Crippen LogP contribution in [0.3, 0.4) is 0 Å². The Balaban J connectivity index is 1.67. The van der Waals surface area contributed by atoms with E-state index in [0.717, 1.165) is 11.3 Å². The van der Waals surface area contributed by atoms with E-state index in [1.807, 2.05) is 31.2 Å². The van der Waals surface area contributed by atoms with E-state index in [2.05, 4.69) is 13.8 Å². The maximum atomic E-state index is 13.1. The molecule has 0 spiro atoms. The van der Waals surface area contributed by atoms with Crippen LogP contribution in [0.5, 0.6) is 11.5 Å². The number of aliphatic hydroxyl groups excluding tert-OH is 1. The van der Waals surface area contributed by atoms with Crippen molar-refractivity contribution >= 4 is 17.4 Å². The molecule has 1 saturated heterocycles. The number of carbonyl (C=O) groups is 2. The maximum Gasteiger partial charge on any atom is 0.296 e. The first kappa shape index (κ1) is 24.1. The van der Waals surface area contributed by atoms with E-state index in [1.165, 1.54) is 11.2 Å². The number of rotatable bonds is 9. The van der Waals surface area contributed by atoms with E-state index in [1.54, 1.807) is 36.4 Å². The Kier molecular flexibility index (Phi) is 7.25. The highest BCUT2D eigenvalue weighted by Crippen LogP contribution is 2.40. The van der Waals surface area contributed by atoms with Gasteiger partial charge in [0.2, 0.25) is 0 Å². The summed E-state index contributed by atoms with van der Waals surface area (Å²) in [4.78, 5) is 27.6. The molecule has 2 aromatic carbocycles. The first-order valence-electron chi connectivity index (χ1n) is 11.7. The molecule has 0 bridgehead atoms. The summed E-state index contributed by atoms with van der Waals surface area (Å²) in [6, 6.07) is 16.7. The first-order valence-corrected chi connectivity index (χ1v) is 11.7. The van der Waals surface area contributed by atoms with E-state index in [-0.39, 0.29) is 17.9 Å². The molecule has 2 heterocycles. The Bertz CT molecular complexity index is 1190. The number of Topliss-reactive ketones (excluding diaryl/α,β-unsaturated/α-hetero) is 1. The van der Waals surface area contributed by atoms with Crippen molar-refractivity contribution in [1.29, 1.82) is 0 Å². The molecule has 35 heavy (non-hydrogen) atoms. The summed E-state index contributed by atoms with van der Waals surface area (Å²) < 4.78 is 16.8. The number of amides is 1. The van der Waals surface area contributed by atoms with Crippen LogP contribution in [-0.4, -0.2) is 34.9 Å². The topological polar surface area (TPSA) is 89.2 Å². The molecule has 4 rings (SSSR count). The number of hydrogen-bond donors (Lipinski definition) is 1. The van der Waals surface area contributed by atoms with Crippen LogP contribution in [0.1, 0.15) is 43.7 Å². The number of hydrogen-bond acceptors (Lipinski definition) is 6. The lowest BCUT2D eigenvalue weighted by atomic mass is 9.99. The third kappa shape index (κ3) is 5.24. The fourth-order valence-corrected chi connectivity index (χ4v) is 3.97. The predicted octanol–water partition coefficient (Wildman–Crippen LogP) is 5.34. The summed E-state index contributed by atoms with van der Waals surface area (Å²) in [5.74, 6) is 0.454. The lowest BCUT2D eigenvalue weighted by Crippen LogP contribution is -2.29. The van der Waals surface area contributed by atoms with Gasteiger partial charge < -0.3 is 23.9 Å². The van der Waals surface area contributed by atoms with Gasteiger partial charge in [-0.25, -0.2) is 0 Å². The minimum Gasteiger partial charge on any atom is -0.507 e. The molecule has 1 unspecified atom stereocenters. The number of ketones is 1. The number of aliphatic hydroxyl groups is 1. The van der Waals surface area contributed by atoms with Crippen molar-refractivity contribution in [1.82, 2.24) is 4.90 Å². The van der Waals surface area contributed by atoms with Gasteiger partial charge in [0.1, 0.15) is 29.1 Å². The van der Waals surface area contributed by atoms with Crippen molar-refractivity contribution in [2.24, 2.45) is 5.92 Å². The van der Waals surface area contributed by atoms with Crippen molar-refractivity contribution < 1.29 is 28.6 Å². The number of benzene rings is 2. The highest BCUT2D eigenvalue weighted by molar-refractivity contribution is 6.46. The lowest BCUT2D eigenvalue weighted by Gasteiger charge is -2.23. The smallest absolute Gasteiger partial charge is 0.296 e. The molecule has 0 radical (unpaired) electrons. The number of carbonyl (C=O) groups excluding carboxylic acids is 2. The van der Waals surface area contributed by atoms with Crippen molar-refractivity contribution in [2.75, 3.05) is 13.2 Å². The number of nitrogens with zero attached hydrogens (tertiary/aromatic N) is 1. The zero-order valence-electron chi connectivity index (χ0n) is 20.1.